The lowest BCUT2D eigenvalue weighted by Gasteiger charge is -2.40. The van der Waals surface area contributed by atoms with Gasteiger partial charge in [-0.05, 0) is 36.1 Å². The minimum absolute atomic E-state index is 0.130. The molecule has 0 spiro atoms. The Hall–Kier alpha value is -0.830. The molecule has 0 atom stereocenters. The van der Waals surface area contributed by atoms with Crippen LogP contribution >= 0.6 is 35.0 Å². The second-order valence-electron chi connectivity index (χ2n) is 5.40. The lowest BCUT2D eigenvalue weighted by atomic mass is 9.70. The number of alkyl halides is 2. The molecule has 0 saturated heterocycles. The highest BCUT2D eigenvalue weighted by Crippen LogP contribution is 2.55. The zero-order chi connectivity index (χ0) is 15.6. The van der Waals surface area contributed by atoms with E-state index >= 15 is 0 Å². The highest BCUT2D eigenvalue weighted by atomic mass is 35.5. The maximum Gasteiger partial charge on any atom is 0.133 e. The molecule has 0 saturated carbocycles. The molecule has 1 heterocycles. The van der Waals surface area contributed by atoms with Crippen molar-refractivity contribution in [3.05, 3.63) is 53.6 Å². The lowest BCUT2D eigenvalue weighted by molar-refractivity contribution is 0.394. The average Bonchev–Trinajstić information content (AvgIpc) is 2.55. The number of halogens is 2. The molecule has 1 nitrogen and oxygen atoms in total. The van der Waals surface area contributed by atoms with Crippen LogP contribution in [0.15, 0.2) is 52.3 Å². The first-order valence-corrected chi connectivity index (χ1v) is 9.22. The second-order valence-corrected chi connectivity index (χ2v) is 7.20. The van der Waals surface area contributed by atoms with E-state index in [1.165, 1.54) is 20.9 Å². The van der Waals surface area contributed by atoms with Crippen molar-refractivity contribution in [2.75, 3.05) is 18.9 Å². The van der Waals surface area contributed by atoms with E-state index in [1.807, 2.05) is 6.07 Å². The summed E-state index contributed by atoms with van der Waals surface area (Å²) in [7, 11) is 1.72. The summed E-state index contributed by atoms with van der Waals surface area (Å²) in [4.78, 5) is 2.47. The molecule has 0 radical (unpaired) electrons. The molecule has 2 aromatic rings. The molecule has 1 aliphatic heterocycles. The van der Waals surface area contributed by atoms with Crippen molar-refractivity contribution in [2.24, 2.45) is 0 Å². The van der Waals surface area contributed by atoms with Gasteiger partial charge < -0.3 is 4.74 Å². The molecule has 0 bridgehead atoms. The smallest absolute Gasteiger partial charge is 0.133 e. The van der Waals surface area contributed by atoms with Crippen molar-refractivity contribution in [1.82, 2.24) is 0 Å². The minimum atomic E-state index is -0.130. The number of rotatable bonds is 5. The first kappa shape index (κ1) is 16.0. The molecule has 3 rings (SSSR count). The predicted molar refractivity (Wildman–Crippen MR) is 95.0 cm³/mol. The van der Waals surface area contributed by atoms with Gasteiger partial charge in [-0.2, -0.15) is 0 Å². The molecular weight excluding hydrogens is 335 g/mol. The van der Waals surface area contributed by atoms with Gasteiger partial charge in [0.15, 0.2) is 0 Å². The van der Waals surface area contributed by atoms with E-state index < -0.39 is 0 Å². The zero-order valence-corrected chi connectivity index (χ0v) is 14.8. The predicted octanol–water partition coefficient (Wildman–Crippen LogP) is 5.70. The molecule has 22 heavy (non-hydrogen) atoms. The van der Waals surface area contributed by atoms with Crippen LogP contribution in [0.4, 0.5) is 0 Å². The van der Waals surface area contributed by atoms with Crippen LogP contribution in [-0.2, 0) is 5.41 Å². The summed E-state index contributed by atoms with van der Waals surface area (Å²) >= 11 is 14.1. The molecular formula is C18H18Cl2OS. The van der Waals surface area contributed by atoms with Gasteiger partial charge in [-0.3, -0.25) is 0 Å². The zero-order valence-electron chi connectivity index (χ0n) is 12.4. The highest BCUT2D eigenvalue weighted by Gasteiger charge is 2.41. The van der Waals surface area contributed by atoms with E-state index in [2.05, 4.69) is 36.4 Å². The van der Waals surface area contributed by atoms with Crippen molar-refractivity contribution < 1.29 is 4.74 Å². The van der Waals surface area contributed by atoms with E-state index in [0.717, 1.165) is 18.6 Å². The Balaban J connectivity index is 2.28. The molecule has 0 unspecified atom stereocenters. The summed E-state index contributed by atoms with van der Waals surface area (Å²) in [5.74, 6) is 2.13. The SMILES string of the molecule is COc1cccc2c1Sc1ccccc1C2(CCCl)CCCl. The summed E-state index contributed by atoms with van der Waals surface area (Å²) in [6, 6.07) is 14.8. The molecule has 116 valence electrons. The van der Waals surface area contributed by atoms with Crippen LogP contribution in [0, 0.1) is 0 Å². The summed E-state index contributed by atoms with van der Waals surface area (Å²) in [6.07, 6.45) is 1.75. The molecule has 0 N–H and O–H groups in total. The maximum absolute atomic E-state index is 6.19. The Bertz CT molecular complexity index is 666. The van der Waals surface area contributed by atoms with Crippen LogP contribution in [0.25, 0.3) is 0 Å². The van der Waals surface area contributed by atoms with Crippen molar-refractivity contribution in [3.63, 3.8) is 0 Å². The van der Waals surface area contributed by atoms with Gasteiger partial charge in [0.2, 0.25) is 0 Å². The Morgan fingerprint density at radius 3 is 2.32 bits per heavy atom. The first-order valence-electron chi connectivity index (χ1n) is 7.33. The van der Waals surface area contributed by atoms with Gasteiger partial charge in [0, 0.05) is 22.1 Å². The molecule has 1 aliphatic rings. The molecule has 4 heteroatoms. The van der Waals surface area contributed by atoms with Crippen molar-refractivity contribution in [1.29, 1.82) is 0 Å². The fraction of sp³-hybridized carbons (Fsp3) is 0.333. The Labute approximate surface area is 146 Å². The molecule has 0 aromatic heterocycles. The largest absolute Gasteiger partial charge is 0.496 e. The number of benzene rings is 2. The topological polar surface area (TPSA) is 9.23 Å². The minimum Gasteiger partial charge on any atom is -0.496 e. The standard InChI is InChI=1S/C18H18Cl2OS/c1-21-15-7-4-6-14-17(15)22-16-8-3-2-5-13(16)18(14,9-11-19)10-12-20/h2-8H,9-12H2,1H3. The van der Waals surface area contributed by atoms with Crippen LogP contribution in [0.1, 0.15) is 24.0 Å². The fourth-order valence-corrected chi connectivity index (χ4v) is 5.36. The monoisotopic (exact) mass is 352 g/mol. The van der Waals surface area contributed by atoms with Gasteiger partial charge in [-0.1, -0.05) is 42.1 Å². The number of hydrogen-bond donors (Lipinski definition) is 0. The highest BCUT2D eigenvalue weighted by molar-refractivity contribution is 7.99. The van der Waals surface area contributed by atoms with E-state index in [0.29, 0.717) is 11.8 Å². The van der Waals surface area contributed by atoms with Crippen LogP contribution in [0.2, 0.25) is 0 Å². The fourth-order valence-electron chi connectivity index (χ4n) is 3.35. The molecule has 0 fully saturated rings. The van der Waals surface area contributed by atoms with E-state index in [4.69, 9.17) is 27.9 Å². The summed E-state index contributed by atoms with van der Waals surface area (Å²) in [5, 5.41) is 0. The maximum atomic E-state index is 6.19. The van der Waals surface area contributed by atoms with Crippen molar-refractivity contribution in [3.8, 4) is 5.75 Å². The van der Waals surface area contributed by atoms with Gasteiger partial charge >= 0.3 is 0 Å². The average molecular weight is 353 g/mol. The number of ether oxygens (including phenoxy) is 1. The third kappa shape index (κ3) is 2.51. The van der Waals surface area contributed by atoms with E-state index in [9.17, 15) is 0 Å². The summed E-state index contributed by atoms with van der Waals surface area (Å²) < 4.78 is 5.59. The van der Waals surface area contributed by atoms with Crippen LogP contribution in [0.5, 0.6) is 5.75 Å². The third-order valence-electron chi connectivity index (χ3n) is 4.37. The van der Waals surface area contributed by atoms with Crippen LogP contribution < -0.4 is 4.74 Å². The molecule has 0 aliphatic carbocycles. The first-order chi connectivity index (χ1) is 10.8. The van der Waals surface area contributed by atoms with E-state index in [1.54, 1.807) is 18.9 Å². The lowest BCUT2D eigenvalue weighted by Crippen LogP contribution is -2.32. The van der Waals surface area contributed by atoms with Gasteiger partial charge in [0.05, 0.1) is 12.0 Å². The molecule has 0 amide bonds. The van der Waals surface area contributed by atoms with E-state index in [-0.39, 0.29) is 5.41 Å². The normalized spacial score (nSPS) is 15.0. The van der Waals surface area contributed by atoms with Crippen molar-refractivity contribution >= 4 is 35.0 Å². The van der Waals surface area contributed by atoms with Crippen LogP contribution in [-0.4, -0.2) is 18.9 Å². The second kappa shape index (κ2) is 6.74. The molecule has 2 aromatic carbocycles. The third-order valence-corrected chi connectivity index (χ3v) is 5.95. The Morgan fingerprint density at radius 1 is 0.955 bits per heavy atom. The summed E-state index contributed by atoms with van der Waals surface area (Å²) in [6.45, 7) is 0. The van der Waals surface area contributed by atoms with Crippen molar-refractivity contribution in [2.45, 2.75) is 28.0 Å². The van der Waals surface area contributed by atoms with Crippen LogP contribution in [0.3, 0.4) is 0 Å². The van der Waals surface area contributed by atoms with Gasteiger partial charge in [-0.25, -0.2) is 0 Å². The Morgan fingerprint density at radius 2 is 1.64 bits per heavy atom. The van der Waals surface area contributed by atoms with Gasteiger partial charge in [-0.15, -0.1) is 23.2 Å². The number of methoxy groups -OCH3 is 1. The summed E-state index contributed by atoms with van der Waals surface area (Å²) in [5.41, 5.74) is 2.49. The number of hydrogen-bond acceptors (Lipinski definition) is 2. The number of fused-ring (bicyclic) bond motifs is 2. The van der Waals surface area contributed by atoms with Gasteiger partial charge in [0.25, 0.3) is 0 Å². The quantitative estimate of drug-likeness (QED) is 0.638. The van der Waals surface area contributed by atoms with Gasteiger partial charge in [0.1, 0.15) is 5.75 Å². The Kier molecular flexibility index (Phi) is 4.91.